The Kier molecular flexibility index (Phi) is 6.07. The van der Waals surface area contributed by atoms with Gasteiger partial charge in [0.1, 0.15) is 0 Å². The number of esters is 1. The molecule has 4 heteroatoms. The predicted octanol–water partition coefficient (Wildman–Crippen LogP) is 4.11. The highest BCUT2D eigenvalue weighted by Gasteiger charge is 2.27. The van der Waals surface area contributed by atoms with Gasteiger partial charge < -0.3 is 10.1 Å². The van der Waals surface area contributed by atoms with Crippen LogP contribution in [0.1, 0.15) is 51.1 Å². The molecule has 0 amide bonds. The average Bonchev–Trinajstić information content (AvgIpc) is 2.49. The number of hydrogen-bond donors (Lipinski definition) is 1. The molecule has 0 heterocycles. The zero-order chi connectivity index (χ0) is 15.2. The van der Waals surface area contributed by atoms with Crippen LogP contribution in [0, 0.1) is 5.92 Å². The quantitative estimate of drug-likeness (QED) is 0.832. The Hall–Kier alpha value is -1.06. The van der Waals surface area contributed by atoms with E-state index in [9.17, 15) is 4.79 Å². The molecule has 1 aromatic rings. The third-order valence-electron chi connectivity index (χ3n) is 4.20. The summed E-state index contributed by atoms with van der Waals surface area (Å²) < 4.78 is 5.11. The second-order valence-electron chi connectivity index (χ2n) is 5.74. The molecule has 0 bridgehead atoms. The van der Waals surface area contributed by atoms with Gasteiger partial charge >= 0.3 is 5.97 Å². The van der Waals surface area contributed by atoms with Crippen molar-refractivity contribution in [1.29, 1.82) is 0 Å². The number of carbonyl (C=O) groups excluding carboxylic acids is 1. The van der Waals surface area contributed by atoms with Gasteiger partial charge in [0.05, 0.1) is 12.5 Å². The summed E-state index contributed by atoms with van der Waals surface area (Å²) in [5.41, 5.74) is 1.24. The number of benzene rings is 1. The molecule has 1 aromatic carbocycles. The Morgan fingerprint density at radius 2 is 1.90 bits per heavy atom. The molecule has 3 nitrogen and oxygen atoms in total. The van der Waals surface area contributed by atoms with E-state index in [1.807, 2.05) is 19.1 Å². The number of halogens is 1. The van der Waals surface area contributed by atoms with Crippen LogP contribution in [0.25, 0.3) is 0 Å². The lowest BCUT2D eigenvalue weighted by Gasteiger charge is -2.30. The summed E-state index contributed by atoms with van der Waals surface area (Å²) in [6.45, 7) is 4.50. The van der Waals surface area contributed by atoms with E-state index in [1.54, 1.807) is 0 Å². The number of ether oxygens (including phenoxy) is 1. The van der Waals surface area contributed by atoms with E-state index in [0.29, 0.717) is 18.7 Å². The van der Waals surface area contributed by atoms with Crippen LogP contribution in [0.15, 0.2) is 24.3 Å². The van der Waals surface area contributed by atoms with Gasteiger partial charge in [0, 0.05) is 17.1 Å². The van der Waals surface area contributed by atoms with Crippen LogP contribution in [-0.2, 0) is 9.53 Å². The first-order valence-electron chi connectivity index (χ1n) is 7.78. The molecule has 1 fully saturated rings. The van der Waals surface area contributed by atoms with E-state index >= 15 is 0 Å². The monoisotopic (exact) mass is 309 g/mol. The topological polar surface area (TPSA) is 38.3 Å². The van der Waals surface area contributed by atoms with Crippen LogP contribution in [0.4, 0.5) is 0 Å². The van der Waals surface area contributed by atoms with E-state index in [0.717, 1.165) is 30.7 Å². The molecule has 0 saturated heterocycles. The van der Waals surface area contributed by atoms with Crippen LogP contribution in [0.2, 0.25) is 5.02 Å². The lowest BCUT2D eigenvalue weighted by atomic mass is 9.85. The van der Waals surface area contributed by atoms with Crippen LogP contribution in [-0.4, -0.2) is 18.6 Å². The molecular formula is C17H24ClNO2. The number of rotatable bonds is 5. The van der Waals surface area contributed by atoms with Crippen molar-refractivity contribution in [3.63, 3.8) is 0 Å². The molecule has 1 atom stereocenters. The molecule has 2 rings (SSSR count). The Morgan fingerprint density at radius 1 is 1.29 bits per heavy atom. The fourth-order valence-corrected chi connectivity index (χ4v) is 3.08. The minimum atomic E-state index is -0.0262. The van der Waals surface area contributed by atoms with Crippen LogP contribution >= 0.6 is 11.6 Å². The number of carbonyl (C=O) groups is 1. The maximum Gasteiger partial charge on any atom is 0.308 e. The molecule has 1 N–H and O–H groups in total. The van der Waals surface area contributed by atoms with Crippen LogP contribution in [0.3, 0.4) is 0 Å². The Labute approximate surface area is 132 Å². The summed E-state index contributed by atoms with van der Waals surface area (Å²) in [5.74, 6) is 0.0653. The molecule has 1 saturated carbocycles. The van der Waals surface area contributed by atoms with Crippen molar-refractivity contribution in [3.8, 4) is 0 Å². The summed E-state index contributed by atoms with van der Waals surface area (Å²) in [5, 5.41) is 4.42. The lowest BCUT2D eigenvalue weighted by molar-refractivity contribution is -0.149. The van der Waals surface area contributed by atoms with Crippen molar-refractivity contribution in [2.75, 3.05) is 6.61 Å². The van der Waals surface area contributed by atoms with Crippen molar-refractivity contribution in [3.05, 3.63) is 34.9 Å². The summed E-state index contributed by atoms with van der Waals surface area (Å²) in [7, 11) is 0. The van der Waals surface area contributed by atoms with Gasteiger partial charge in [0.2, 0.25) is 0 Å². The largest absolute Gasteiger partial charge is 0.466 e. The Balaban J connectivity index is 1.80. The summed E-state index contributed by atoms with van der Waals surface area (Å²) in [6, 6.07) is 8.74. The molecule has 116 valence electrons. The van der Waals surface area contributed by atoms with E-state index in [1.165, 1.54) is 5.56 Å². The second-order valence-corrected chi connectivity index (χ2v) is 6.18. The first-order valence-corrected chi connectivity index (χ1v) is 8.16. The Bertz CT molecular complexity index is 452. The molecule has 0 aliphatic heterocycles. The lowest BCUT2D eigenvalue weighted by Crippen LogP contribution is -2.36. The van der Waals surface area contributed by atoms with Gasteiger partial charge in [-0.1, -0.05) is 23.7 Å². The minimum Gasteiger partial charge on any atom is -0.466 e. The van der Waals surface area contributed by atoms with Crippen molar-refractivity contribution in [2.24, 2.45) is 5.92 Å². The number of hydrogen-bond acceptors (Lipinski definition) is 3. The van der Waals surface area contributed by atoms with E-state index in [-0.39, 0.29) is 11.9 Å². The SMILES string of the molecule is CCOC(=O)C1CCC(NC(C)c2ccc(Cl)cc2)CC1. The summed E-state index contributed by atoms with van der Waals surface area (Å²) >= 11 is 5.92. The van der Waals surface area contributed by atoms with Gasteiger partial charge in [0.15, 0.2) is 0 Å². The number of nitrogens with one attached hydrogen (secondary N) is 1. The van der Waals surface area contributed by atoms with Gasteiger partial charge in [-0.2, -0.15) is 0 Å². The van der Waals surface area contributed by atoms with E-state index in [2.05, 4.69) is 24.4 Å². The van der Waals surface area contributed by atoms with Gasteiger partial charge in [-0.3, -0.25) is 4.79 Å². The second kappa shape index (κ2) is 7.81. The molecular weight excluding hydrogens is 286 g/mol. The maximum atomic E-state index is 11.7. The molecule has 0 aromatic heterocycles. The molecule has 0 spiro atoms. The molecule has 21 heavy (non-hydrogen) atoms. The third-order valence-corrected chi connectivity index (χ3v) is 4.45. The standard InChI is InChI=1S/C17H24ClNO2/c1-3-21-17(20)14-6-10-16(11-7-14)19-12(2)13-4-8-15(18)9-5-13/h4-5,8-9,12,14,16,19H,3,6-7,10-11H2,1-2H3. The van der Waals surface area contributed by atoms with Crippen molar-refractivity contribution in [2.45, 2.75) is 51.6 Å². The van der Waals surface area contributed by atoms with Crippen molar-refractivity contribution in [1.82, 2.24) is 5.32 Å². The fraction of sp³-hybridized carbons (Fsp3) is 0.588. The maximum absolute atomic E-state index is 11.7. The van der Waals surface area contributed by atoms with Crippen molar-refractivity contribution < 1.29 is 9.53 Å². The summed E-state index contributed by atoms with van der Waals surface area (Å²) in [4.78, 5) is 11.7. The van der Waals surface area contributed by atoms with Gasteiger partial charge in [-0.25, -0.2) is 0 Å². The van der Waals surface area contributed by atoms with Crippen LogP contribution in [0.5, 0.6) is 0 Å². The third kappa shape index (κ3) is 4.72. The normalized spacial score (nSPS) is 23.6. The highest BCUT2D eigenvalue weighted by atomic mass is 35.5. The minimum absolute atomic E-state index is 0.0262. The first-order chi connectivity index (χ1) is 10.1. The van der Waals surface area contributed by atoms with E-state index < -0.39 is 0 Å². The van der Waals surface area contributed by atoms with Crippen LogP contribution < -0.4 is 5.32 Å². The Morgan fingerprint density at radius 3 is 2.48 bits per heavy atom. The fourth-order valence-electron chi connectivity index (χ4n) is 2.96. The molecule has 1 aliphatic carbocycles. The van der Waals surface area contributed by atoms with Crippen molar-refractivity contribution >= 4 is 17.6 Å². The smallest absolute Gasteiger partial charge is 0.308 e. The van der Waals surface area contributed by atoms with Gasteiger partial charge in [-0.05, 0) is 57.2 Å². The van der Waals surface area contributed by atoms with E-state index in [4.69, 9.17) is 16.3 Å². The highest BCUT2D eigenvalue weighted by molar-refractivity contribution is 6.30. The zero-order valence-electron chi connectivity index (χ0n) is 12.8. The molecule has 1 aliphatic rings. The first kappa shape index (κ1) is 16.3. The molecule has 0 radical (unpaired) electrons. The predicted molar refractivity (Wildman–Crippen MR) is 85.4 cm³/mol. The van der Waals surface area contributed by atoms with Gasteiger partial charge in [-0.15, -0.1) is 0 Å². The van der Waals surface area contributed by atoms with Gasteiger partial charge in [0.25, 0.3) is 0 Å². The molecule has 1 unspecified atom stereocenters. The zero-order valence-corrected chi connectivity index (χ0v) is 13.5. The average molecular weight is 310 g/mol. The summed E-state index contributed by atoms with van der Waals surface area (Å²) in [6.07, 6.45) is 3.90. The highest BCUT2D eigenvalue weighted by Crippen LogP contribution is 2.27.